The van der Waals surface area contributed by atoms with Crippen molar-refractivity contribution in [3.05, 3.63) is 94.1 Å². The lowest BCUT2D eigenvalue weighted by atomic mass is 10.1. The average Bonchev–Trinajstić information content (AvgIpc) is 3.23. The maximum absolute atomic E-state index is 13.4. The van der Waals surface area contributed by atoms with E-state index in [1.807, 2.05) is 24.3 Å². The first-order valence-corrected chi connectivity index (χ1v) is 12.1. The van der Waals surface area contributed by atoms with Gasteiger partial charge >= 0.3 is 6.18 Å². The molecule has 4 aromatic rings. The van der Waals surface area contributed by atoms with Crippen LogP contribution in [0, 0.1) is 0 Å². The van der Waals surface area contributed by atoms with E-state index in [0.717, 1.165) is 33.9 Å². The number of halogens is 5. The van der Waals surface area contributed by atoms with E-state index >= 15 is 0 Å². The van der Waals surface area contributed by atoms with E-state index < -0.39 is 11.7 Å². The summed E-state index contributed by atoms with van der Waals surface area (Å²) in [5.41, 5.74) is 1.49. The fourth-order valence-electron chi connectivity index (χ4n) is 3.19. The van der Waals surface area contributed by atoms with Gasteiger partial charge in [0.1, 0.15) is 0 Å². The number of hydrogen-bond acceptors (Lipinski definition) is 3. The van der Waals surface area contributed by atoms with E-state index in [0.29, 0.717) is 27.2 Å². The third kappa shape index (κ3) is 5.84. The van der Waals surface area contributed by atoms with Gasteiger partial charge < -0.3 is 5.32 Å². The van der Waals surface area contributed by atoms with Gasteiger partial charge in [-0.05, 0) is 54.6 Å². The van der Waals surface area contributed by atoms with Crippen LogP contribution in [0.15, 0.2) is 88.6 Å². The molecule has 1 amide bonds. The molecule has 174 valence electrons. The normalized spacial score (nSPS) is 11.4. The molecular weight excluding hydrogens is 551 g/mol. The van der Waals surface area contributed by atoms with E-state index in [9.17, 15) is 18.0 Å². The molecule has 0 radical (unpaired) electrons. The Hall–Kier alpha value is -2.75. The van der Waals surface area contributed by atoms with E-state index in [4.69, 9.17) is 11.6 Å². The lowest BCUT2D eigenvalue weighted by Crippen LogP contribution is -2.14. The Morgan fingerprint density at radius 3 is 2.44 bits per heavy atom. The summed E-state index contributed by atoms with van der Waals surface area (Å²) in [6, 6.07) is 19.1. The highest BCUT2D eigenvalue weighted by atomic mass is 79.9. The zero-order valence-corrected chi connectivity index (χ0v) is 20.5. The first-order valence-electron chi connectivity index (χ1n) is 9.90. The monoisotopic (exact) mass is 565 g/mol. The minimum atomic E-state index is -4.49. The Balaban J connectivity index is 1.65. The number of nitrogens with zero attached hydrogens (tertiary/aromatic N) is 2. The van der Waals surface area contributed by atoms with Gasteiger partial charge in [-0.3, -0.25) is 9.36 Å². The highest BCUT2D eigenvalue weighted by Crippen LogP contribution is 2.34. The summed E-state index contributed by atoms with van der Waals surface area (Å²) in [7, 11) is 0. The topological polar surface area (TPSA) is 46.9 Å². The summed E-state index contributed by atoms with van der Waals surface area (Å²) in [5, 5.41) is 3.71. The number of hydrogen-bond donors (Lipinski definition) is 1. The van der Waals surface area contributed by atoms with Crippen molar-refractivity contribution in [1.82, 2.24) is 9.55 Å². The van der Waals surface area contributed by atoms with Crippen LogP contribution in [-0.4, -0.2) is 21.2 Å². The van der Waals surface area contributed by atoms with Gasteiger partial charge in [0.15, 0.2) is 5.16 Å². The van der Waals surface area contributed by atoms with Crippen LogP contribution in [0.25, 0.3) is 16.9 Å². The second-order valence-corrected chi connectivity index (χ2v) is 9.45. The van der Waals surface area contributed by atoms with E-state index in [-0.39, 0.29) is 11.7 Å². The number of thioether (sulfide) groups is 1. The highest BCUT2D eigenvalue weighted by molar-refractivity contribution is 9.10. The predicted molar refractivity (Wildman–Crippen MR) is 133 cm³/mol. The SMILES string of the molecule is O=C(CSc1ncc(-c2ccc(Br)cc2)n1-c1cccc(C(F)(F)F)c1)Nc1ccc(Cl)cc1. The van der Waals surface area contributed by atoms with Crippen molar-refractivity contribution in [2.75, 3.05) is 11.1 Å². The van der Waals surface area contributed by atoms with Gasteiger partial charge in [-0.1, -0.05) is 57.5 Å². The molecule has 0 fully saturated rings. The van der Waals surface area contributed by atoms with Crippen LogP contribution in [0.5, 0.6) is 0 Å². The smallest absolute Gasteiger partial charge is 0.325 e. The molecule has 10 heteroatoms. The molecule has 4 rings (SSSR count). The molecule has 0 aliphatic heterocycles. The molecule has 1 N–H and O–H groups in total. The summed E-state index contributed by atoms with van der Waals surface area (Å²) >= 11 is 10.4. The van der Waals surface area contributed by atoms with Gasteiger partial charge in [-0.2, -0.15) is 13.2 Å². The zero-order valence-electron chi connectivity index (χ0n) is 17.3. The summed E-state index contributed by atoms with van der Waals surface area (Å²) in [6.07, 6.45) is -2.90. The summed E-state index contributed by atoms with van der Waals surface area (Å²) in [5.74, 6) is -0.269. The minimum Gasteiger partial charge on any atom is -0.325 e. The van der Waals surface area contributed by atoms with Gasteiger partial charge in [-0.25, -0.2) is 4.98 Å². The predicted octanol–water partition coefficient (Wildman–Crippen LogP) is 7.70. The van der Waals surface area contributed by atoms with Crippen LogP contribution >= 0.6 is 39.3 Å². The Morgan fingerprint density at radius 1 is 1.06 bits per heavy atom. The average molecular weight is 567 g/mol. The Labute approximate surface area is 211 Å². The second-order valence-electron chi connectivity index (χ2n) is 7.16. The number of carbonyl (C=O) groups is 1. The number of alkyl halides is 3. The van der Waals surface area contributed by atoms with Crippen molar-refractivity contribution in [3.8, 4) is 16.9 Å². The van der Waals surface area contributed by atoms with Gasteiger partial charge in [0.25, 0.3) is 0 Å². The van der Waals surface area contributed by atoms with Gasteiger partial charge in [0.2, 0.25) is 5.91 Å². The lowest BCUT2D eigenvalue weighted by molar-refractivity contribution is -0.137. The molecule has 3 aromatic carbocycles. The number of benzene rings is 3. The van der Waals surface area contributed by atoms with Crippen molar-refractivity contribution < 1.29 is 18.0 Å². The van der Waals surface area contributed by atoms with Crippen molar-refractivity contribution in [2.24, 2.45) is 0 Å². The Kier molecular flexibility index (Phi) is 7.35. The van der Waals surface area contributed by atoms with Gasteiger partial charge in [0.05, 0.1) is 23.2 Å². The van der Waals surface area contributed by atoms with Crippen LogP contribution in [0.1, 0.15) is 5.56 Å². The van der Waals surface area contributed by atoms with Crippen molar-refractivity contribution in [1.29, 1.82) is 0 Å². The van der Waals surface area contributed by atoms with Crippen LogP contribution in [0.2, 0.25) is 5.02 Å². The summed E-state index contributed by atoms with van der Waals surface area (Å²) in [6.45, 7) is 0. The molecule has 4 nitrogen and oxygen atoms in total. The van der Waals surface area contributed by atoms with Crippen molar-refractivity contribution >= 4 is 50.9 Å². The molecule has 34 heavy (non-hydrogen) atoms. The van der Waals surface area contributed by atoms with Gasteiger partial charge in [-0.15, -0.1) is 0 Å². The molecule has 0 bridgehead atoms. The van der Waals surface area contributed by atoms with Crippen LogP contribution in [0.3, 0.4) is 0 Å². The fraction of sp³-hybridized carbons (Fsp3) is 0.0833. The molecule has 0 spiro atoms. The largest absolute Gasteiger partial charge is 0.416 e. The van der Waals surface area contributed by atoms with Crippen molar-refractivity contribution in [2.45, 2.75) is 11.3 Å². The fourth-order valence-corrected chi connectivity index (χ4v) is 4.37. The molecule has 0 atom stereocenters. The van der Waals surface area contributed by atoms with Crippen LogP contribution in [0.4, 0.5) is 18.9 Å². The number of rotatable bonds is 6. The van der Waals surface area contributed by atoms with Crippen LogP contribution in [-0.2, 0) is 11.0 Å². The molecule has 0 aliphatic carbocycles. The number of imidazole rings is 1. The molecule has 1 aromatic heterocycles. The minimum absolute atomic E-state index is 0.0123. The molecule has 0 unspecified atom stereocenters. The first-order chi connectivity index (χ1) is 16.2. The second kappa shape index (κ2) is 10.2. The van der Waals surface area contributed by atoms with Crippen LogP contribution < -0.4 is 5.32 Å². The number of anilines is 1. The Bertz CT molecular complexity index is 1310. The zero-order chi connectivity index (χ0) is 24.3. The molecule has 0 aliphatic rings. The first kappa shape index (κ1) is 24.4. The number of aromatic nitrogens is 2. The maximum atomic E-state index is 13.4. The number of nitrogens with one attached hydrogen (secondary N) is 1. The molecular formula is C24H16BrClF3N3OS. The third-order valence-corrected chi connectivity index (χ3v) is 6.49. The quantitative estimate of drug-likeness (QED) is 0.243. The molecule has 1 heterocycles. The summed E-state index contributed by atoms with van der Waals surface area (Å²) in [4.78, 5) is 16.9. The third-order valence-electron chi connectivity index (χ3n) is 4.76. The standard InChI is InChI=1S/C24H16BrClF3N3OS/c25-17-6-4-15(5-7-17)21-13-30-23(32(21)20-3-1-2-16(12-20)24(27,28)29)34-14-22(33)31-19-10-8-18(26)9-11-19/h1-13H,14H2,(H,31,33). The van der Waals surface area contributed by atoms with Crippen molar-refractivity contribution in [3.63, 3.8) is 0 Å². The lowest BCUT2D eigenvalue weighted by Gasteiger charge is -2.14. The Morgan fingerprint density at radius 2 is 1.76 bits per heavy atom. The molecule has 0 saturated carbocycles. The number of amides is 1. The van der Waals surface area contributed by atoms with E-state index in [1.165, 1.54) is 6.07 Å². The van der Waals surface area contributed by atoms with Gasteiger partial charge in [0, 0.05) is 26.4 Å². The number of carbonyl (C=O) groups excluding carboxylic acids is 1. The van der Waals surface area contributed by atoms with E-state index in [2.05, 4.69) is 26.2 Å². The highest BCUT2D eigenvalue weighted by Gasteiger charge is 2.31. The summed E-state index contributed by atoms with van der Waals surface area (Å²) < 4.78 is 42.6. The van der Waals surface area contributed by atoms with E-state index in [1.54, 1.807) is 41.1 Å². The maximum Gasteiger partial charge on any atom is 0.416 e. The molecule has 0 saturated heterocycles.